The van der Waals surface area contributed by atoms with Crippen LogP contribution in [0.1, 0.15) is 24.8 Å². The van der Waals surface area contributed by atoms with Gasteiger partial charge in [0, 0.05) is 21.2 Å². The highest BCUT2D eigenvalue weighted by atomic mass is 28.3. The van der Waals surface area contributed by atoms with Crippen LogP contribution in [0.4, 0.5) is 4.79 Å². The number of aliphatic carboxylic acids is 1. The minimum atomic E-state index is -1.17. The Morgan fingerprint density at radius 1 is 1.19 bits per heavy atom. The van der Waals surface area contributed by atoms with E-state index < -0.39 is 26.2 Å². The second kappa shape index (κ2) is 14.6. The molecule has 1 rings (SSSR count). The zero-order valence-electron chi connectivity index (χ0n) is 18.5. The van der Waals surface area contributed by atoms with Gasteiger partial charge in [-0.25, -0.2) is 19.5 Å². The zero-order valence-corrected chi connectivity index (χ0v) is 19.5. The summed E-state index contributed by atoms with van der Waals surface area (Å²) in [6, 6.07) is 9.04. The van der Waals surface area contributed by atoms with E-state index >= 15 is 0 Å². The van der Waals surface area contributed by atoms with Crippen molar-refractivity contribution in [2.75, 3.05) is 19.9 Å². The SMILES string of the molecule is C[Si](C)(C)CCOCON(C=O)CCCC[C@@H](NC(=O)OCc1ccccc1)C(=O)O. The molecule has 1 aromatic carbocycles. The van der Waals surface area contributed by atoms with Crippen LogP contribution in [0.3, 0.4) is 0 Å². The van der Waals surface area contributed by atoms with E-state index in [1.807, 2.05) is 18.2 Å². The number of rotatable bonds is 16. The third-order valence-electron chi connectivity index (χ3n) is 4.34. The lowest BCUT2D eigenvalue weighted by Crippen LogP contribution is -2.41. The van der Waals surface area contributed by atoms with E-state index in [1.54, 1.807) is 12.1 Å². The maximum atomic E-state index is 11.9. The number of unbranched alkanes of at least 4 members (excludes halogenated alkanes) is 1. The lowest BCUT2D eigenvalue weighted by atomic mass is 10.1. The highest BCUT2D eigenvalue weighted by molar-refractivity contribution is 6.76. The quantitative estimate of drug-likeness (QED) is 0.130. The Hall–Kier alpha value is -2.43. The van der Waals surface area contributed by atoms with Gasteiger partial charge < -0.3 is 19.9 Å². The number of hydroxylamine groups is 2. The molecule has 0 radical (unpaired) electrons. The topological polar surface area (TPSA) is 114 Å². The van der Waals surface area contributed by atoms with E-state index in [4.69, 9.17) is 14.3 Å². The van der Waals surface area contributed by atoms with E-state index in [1.165, 1.54) is 0 Å². The molecule has 9 nitrogen and oxygen atoms in total. The van der Waals surface area contributed by atoms with Crippen LogP contribution in [-0.4, -0.2) is 62.7 Å². The largest absolute Gasteiger partial charge is 0.480 e. The zero-order chi connectivity index (χ0) is 23.1. The van der Waals surface area contributed by atoms with Crippen molar-refractivity contribution in [2.45, 2.75) is 57.6 Å². The molecule has 0 saturated carbocycles. The number of carbonyl (C=O) groups is 3. The highest BCUT2D eigenvalue weighted by Crippen LogP contribution is 2.08. The Balaban J connectivity index is 2.24. The Bertz CT molecular complexity index is 667. The first-order valence-electron chi connectivity index (χ1n) is 10.3. The molecule has 0 spiro atoms. The summed E-state index contributed by atoms with van der Waals surface area (Å²) in [4.78, 5) is 39.6. The summed E-state index contributed by atoms with van der Waals surface area (Å²) in [5.74, 6) is -1.14. The number of hydrogen-bond donors (Lipinski definition) is 2. The first-order valence-corrected chi connectivity index (χ1v) is 14.0. The summed E-state index contributed by atoms with van der Waals surface area (Å²) >= 11 is 0. The van der Waals surface area contributed by atoms with Crippen LogP contribution in [0.15, 0.2) is 30.3 Å². The lowest BCUT2D eigenvalue weighted by Gasteiger charge is -2.19. The van der Waals surface area contributed by atoms with Crippen LogP contribution in [0.5, 0.6) is 0 Å². The standard InChI is InChI=1S/C21H34N2O7Si/c1-31(2,3)14-13-28-17-30-23(16-24)12-8-7-11-19(20(25)26)22-21(27)29-15-18-9-5-4-6-10-18/h4-6,9-10,16,19H,7-8,11-15,17H2,1-3H3,(H,22,27)(H,25,26)/t19-/m1/s1. The maximum Gasteiger partial charge on any atom is 0.408 e. The number of carbonyl (C=O) groups excluding carboxylic acids is 2. The molecule has 0 bridgehead atoms. The predicted molar refractivity (Wildman–Crippen MR) is 118 cm³/mol. The van der Waals surface area contributed by atoms with Crippen LogP contribution in [0, 0.1) is 0 Å². The van der Waals surface area contributed by atoms with Gasteiger partial charge in [-0.1, -0.05) is 50.0 Å². The van der Waals surface area contributed by atoms with E-state index in [0.717, 1.165) is 16.7 Å². The van der Waals surface area contributed by atoms with Crippen molar-refractivity contribution in [3.05, 3.63) is 35.9 Å². The number of ether oxygens (including phenoxy) is 2. The van der Waals surface area contributed by atoms with Gasteiger partial charge in [-0.2, -0.15) is 0 Å². The summed E-state index contributed by atoms with van der Waals surface area (Å²) in [7, 11) is -1.17. The molecule has 1 atom stereocenters. The van der Waals surface area contributed by atoms with Crippen LogP contribution >= 0.6 is 0 Å². The van der Waals surface area contributed by atoms with Gasteiger partial charge in [-0.15, -0.1) is 0 Å². The molecule has 0 aliphatic heterocycles. The molecule has 0 unspecified atom stereocenters. The normalized spacial score (nSPS) is 12.1. The number of nitrogens with one attached hydrogen (secondary N) is 1. The number of nitrogens with zero attached hydrogens (tertiary/aromatic N) is 1. The molecule has 31 heavy (non-hydrogen) atoms. The molecule has 0 saturated heterocycles. The van der Waals surface area contributed by atoms with Gasteiger partial charge in [-0.3, -0.25) is 4.79 Å². The van der Waals surface area contributed by atoms with Gasteiger partial charge >= 0.3 is 12.1 Å². The summed E-state index contributed by atoms with van der Waals surface area (Å²) in [5, 5.41) is 12.8. The van der Waals surface area contributed by atoms with Crippen LogP contribution in [0.2, 0.25) is 25.7 Å². The summed E-state index contributed by atoms with van der Waals surface area (Å²) in [5.41, 5.74) is 0.808. The fourth-order valence-corrected chi connectivity index (χ4v) is 3.23. The van der Waals surface area contributed by atoms with E-state index in [-0.39, 0.29) is 19.8 Å². The Kier molecular flexibility index (Phi) is 12.5. The Morgan fingerprint density at radius 2 is 1.90 bits per heavy atom. The van der Waals surface area contributed by atoms with E-state index in [9.17, 15) is 19.5 Å². The Labute approximate surface area is 184 Å². The minimum absolute atomic E-state index is 0.00419. The summed E-state index contributed by atoms with van der Waals surface area (Å²) in [6.45, 7) is 7.69. The average Bonchev–Trinajstić information content (AvgIpc) is 2.72. The second-order valence-corrected chi connectivity index (χ2v) is 13.9. The van der Waals surface area contributed by atoms with Crippen molar-refractivity contribution in [3.63, 3.8) is 0 Å². The fourth-order valence-electron chi connectivity index (χ4n) is 2.47. The molecule has 174 valence electrons. The summed E-state index contributed by atoms with van der Waals surface area (Å²) in [6.07, 6.45) is 0.966. The van der Waals surface area contributed by atoms with E-state index in [0.29, 0.717) is 32.4 Å². The molecular weight excluding hydrogens is 420 g/mol. The van der Waals surface area contributed by atoms with Crippen molar-refractivity contribution in [2.24, 2.45) is 0 Å². The van der Waals surface area contributed by atoms with Crippen molar-refractivity contribution in [1.82, 2.24) is 10.4 Å². The van der Waals surface area contributed by atoms with Crippen LogP contribution in [0.25, 0.3) is 0 Å². The molecule has 0 fully saturated rings. The molecule has 2 N–H and O–H groups in total. The maximum absolute atomic E-state index is 11.9. The van der Waals surface area contributed by atoms with Crippen LogP contribution < -0.4 is 5.32 Å². The second-order valence-electron chi connectivity index (χ2n) is 8.30. The van der Waals surface area contributed by atoms with Gasteiger partial charge in [0.1, 0.15) is 12.6 Å². The number of amides is 2. The Morgan fingerprint density at radius 3 is 2.52 bits per heavy atom. The molecule has 1 aromatic rings. The van der Waals surface area contributed by atoms with Crippen molar-refractivity contribution < 1.29 is 33.8 Å². The monoisotopic (exact) mass is 454 g/mol. The van der Waals surface area contributed by atoms with Crippen LogP contribution in [-0.2, 0) is 30.5 Å². The first-order chi connectivity index (χ1) is 14.7. The number of carboxylic acid groups (broad SMARTS) is 1. The average molecular weight is 455 g/mol. The number of benzene rings is 1. The fraction of sp³-hybridized carbons (Fsp3) is 0.571. The third kappa shape index (κ3) is 13.5. The molecule has 2 amide bonds. The number of alkyl carbamates (subject to hydrolysis) is 1. The molecule has 10 heteroatoms. The van der Waals surface area contributed by atoms with E-state index in [2.05, 4.69) is 25.0 Å². The predicted octanol–water partition coefficient (Wildman–Crippen LogP) is 3.24. The molecule has 0 aromatic heterocycles. The van der Waals surface area contributed by atoms with Gasteiger partial charge in [0.2, 0.25) is 6.41 Å². The summed E-state index contributed by atoms with van der Waals surface area (Å²) < 4.78 is 10.4. The van der Waals surface area contributed by atoms with Crippen molar-refractivity contribution >= 4 is 26.5 Å². The molecule has 0 aliphatic rings. The number of carboxylic acids is 1. The highest BCUT2D eigenvalue weighted by Gasteiger charge is 2.20. The van der Waals surface area contributed by atoms with Crippen molar-refractivity contribution in [1.29, 1.82) is 0 Å². The lowest BCUT2D eigenvalue weighted by molar-refractivity contribution is -0.213. The van der Waals surface area contributed by atoms with Crippen molar-refractivity contribution in [3.8, 4) is 0 Å². The van der Waals surface area contributed by atoms with Gasteiger partial charge in [0.25, 0.3) is 0 Å². The van der Waals surface area contributed by atoms with Gasteiger partial charge in [-0.05, 0) is 30.9 Å². The first kappa shape index (κ1) is 26.6. The minimum Gasteiger partial charge on any atom is -0.480 e. The molecule has 0 heterocycles. The van der Waals surface area contributed by atoms with Gasteiger partial charge in [0.05, 0.1) is 0 Å². The number of hydrogen-bond acceptors (Lipinski definition) is 6. The smallest absolute Gasteiger partial charge is 0.408 e. The third-order valence-corrected chi connectivity index (χ3v) is 6.04. The molecule has 0 aliphatic carbocycles. The molecular formula is C21H34N2O7Si. The van der Waals surface area contributed by atoms with Gasteiger partial charge in [0.15, 0.2) is 6.79 Å².